The second-order valence-electron chi connectivity index (χ2n) is 5.60. The standard InChI is InChI=1S/C14H22O4/c1-8(7-15)17-13-5-11-4-12(6-13)14(9(11)2)18-10(3)16/h9,11-15H,1,4-7H2,2-3H3. The van der Waals surface area contributed by atoms with Crippen LogP contribution < -0.4 is 0 Å². The average molecular weight is 254 g/mol. The Kier molecular flexibility index (Phi) is 3.95. The molecule has 5 atom stereocenters. The Morgan fingerprint density at radius 3 is 2.56 bits per heavy atom. The molecule has 0 amide bonds. The van der Waals surface area contributed by atoms with Gasteiger partial charge in [0, 0.05) is 6.92 Å². The number of hydrogen-bond donors (Lipinski definition) is 1. The van der Waals surface area contributed by atoms with Crippen LogP contribution in [0.1, 0.15) is 33.1 Å². The number of carbonyl (C=O) groups excluding carboxylic acids is 1. The van der Waals surface area contributed by atoms with Crippen molar-refractivity contribution < 1.29 is 19.4 Å². The Morgan fingerprint density at radius 1 is 1.28 bits per heavy atom. The van der Waals surface area contributed by atoms with Crippen molar-refractivity contribution >= 4 is 5.97 Å². The third-order valence-corrected chi connectivity index (χ3v) is 4.27. The van der Waals surface area contributed by atoms with E-state index < -0.39 is 0 Å². The highest BCUT2D eigenvalue weighted by Crippen LogP contribution is 2.48. The molecule has 18 heavy (non-hydrogen) atoms. The molecule has 0 aromatic carbocycles. The maximum Gasteiger partial charge on any atom is 0.302 e. The number of aliphatic hydroxyl groups is 1. The molecular weight excluding hydrogens is 232 g/mol. The van der Waals surface area contributed by atoms with Gasteiger partial charge in [0.15, 0.2) is 0 Å². The summed E-state index contributed by atoms with van der Waals surface area (Å²) in [4.78, 5) is 11.1. The van der Waals surface area contributed by atoms with Crippen molar-refractivity contribution in [3.63, 3.8) is 0 Å². The van der Waals surface area contributed by atoms with Gasteiger partial charge in [-0.05, 0) is 37.0 Å². The number of carbonyl (C=O) groups is 1. The number of fused-ring (bicyclic) bond motifs is 2. The van der Waals surface area contributed by atoms with Crippen LogP contribution in [0.3, 0.4) is 0 Å². The number of hydrogen-bond acceptors (Lipinski definition) is 4. The molecule has 102 valence electrons. The Labute approximate surface area is 108 Å². The summed E-state index contributed by atoms with van der Waals surface area (Å²) >= 11 is 0. The summed E-state index contributed by atoms with van der Waals surface area (Å²) in [7, 11) is 0. The molecule has 4 nitrogen and oxygen atoms in total. The number of aliphatic hydroxyl groups excluding tert-OH is 1. The smallest absolute Gasteiger partial charge is 0.302 e. The van der Waals surface area contributed by atoms with Crippen LogP contribution in [0.5, 0.6) is 0 Å². The lowest BCUT2D eigenvalue weighted by Crippen LogP contribution is -2.28. The fraction of sp³-hybridized carbons (Fsp3) is 0.786. The predicted molar refractivity (Wildman–Crippen MR) is 66.6 cm³/mol. The molecular formula is C14H22O4. The molecule has 0 heterocycles. The zero-order valence-electron chi connectivity index (χ0n) is 11.1. The van der Waals surface area contributed by atoms with Crippen LogP contribution in [-0.2, 0) is 14.3 Å². The van der Waals surface area contributed by atoms with Gasteiger partial charge in [-0.1, -0.05) is 13.5 Å². The molecule has 4 heteroatoms. The van der Waals surface area contributed by atoms with Crippen LogP contribution in [0.15, 0.2) is 12.3 Å². The number of esters is 1. The summed E-state index contributed by atoms with van der Waals surface area (Å²) in [5, 5.41) is 8.94. The second kappa shape index (κ2) is 5.31. The summed E-state index contributed by atoms with van der Waals surface area (Å²) < 4.78 is 11.1. The van der Waals surface area contributed by atoms with E-state index in [1.54, 1.807) is 0 Å². The third kappa shape index (κ3) is 2.69. The largest absolute Gasteiger partial charge is 0.493 e. The average Bonchev–Trinajstić information content (AvgIpc) is 2.53. The Bertz CT molecular complexity index is 339. The molecule has 2 rings (SSSR count). The van der Waals surface area contributed by atoms with Crippen molar-refractivity contribution in [3.05, 3.63) is 12.3 Å². The predicted octanol–water partition coefficient (Wildman–Crippen LogP) is 1.88. The van der Waals surface area contributed by atoms with Crippen LogP contribution in [0.4, 0.5) is 0 Å². The molecule has 2 bridgehead atoms. The molecule has 0 aliphatic heterocycles. The van der Waals surface area contributed by atoms with Crippen LogP contribution in [0.25, 0.3) is 0 Å². The van der Waals surface area contributed by atoms with E-state index in [9.17, 15) is 4.79 Å². The first kappa shape index (κ1) is 13.4. The van der Waals surface area contributed by atoms with E-state index in [1.165, 1.54) is 6.92 Å². The van der Waals surface area contributed by atoms with Crippen molar-refractivity contribution in [1.29, 1.82) is 0 Å². The molecule has 5 unspecified atom stereocenters. The molecule has 0 saturated heterocycles. The SMILES string of the molecule is C=C(CO)OC1CC2CC(C1)C(OC(C)=O)C2C. The molecule has 1 N–H and O–H groups in total. The molecule has 0 radical (unpaired) electrons. The molecule has 2 aliphatic carbocycles. The Balaban J connectivity index is 1.98. The van der Waals surface area contributed by atoms with Crippen molar-refractivity contribution in [1.82, 2.24) is 0 Å². The van der Waals surface area contributed by atoms with Crippen molar-refractivity contribution in [3.8, 4) is 0 Å². The first-order chi connectivity index (χ1) is 8.51. The molecule has 2 aliphatic rings. The van der Waals surface area contributed by atoms with Gasteiger partial charge in [-0.2, -0.15) is 0 Å². The second-order valence-corrected chi connectivity index (χ2v) is 5.60. The fourth-order valence-corrected chi connectivity index (χ4v) is 3.51. The van der Waals surface area contributed by atoms with Gasteiger partial charge in [0.1, 0.15) is 11.9 Å². The minimum atomic E-state index is -0.198. The fourth-order valence-electron chi connectivity index (χ4n) is 3.51. The van der Waals surface area contributed by atoms with E-state index in [2.05, 4.69) is 13.5 Å². The Hall–Kier alpha value is -1.03. The van der Waals surface area contributed by atoms with Gasteiger partial charge in [-0.25, -0.2) is 0 Å². The monoisotopic (exact) mass is 254 g/mol. The van der Waals surface area contributed by atoms with E-state index in [1.807, 2.05) is 0 Å². The molecule has 0 aromatic rings. The first-order valence-electron chi connectivity index (χ1n) is 6.63. The quantitative estimate of drug-likeness (QED) is 0.614. The maximum absolute atomic E-state index is 11.1. The van der Waals surface area contributed by atoms with E-state index >= 15 is 0 Å². The van der Waals surface area contributed by atoms with E-state index in [0.717, 1.165) is 19.3 Å². The minimum absolute atomic E-state index is 0.0310. The summed E-state index contributed by atoms with van der Waals surface area (Å²) in [6.07, 6.45) is 3.11. The molecule has 0 aromatic heterocycles. The normalized spacial score (nSPS) is 38.3. The van der Waals surface area contributed by atoms with Gasteiger partial charge in [-0.3, -0.25) is 4.79 Å². The maximum atomic E-state index is 11.1. The zero-order valence-corrected chi connectivity index (χ0v) is 11.1. The van der Waals surface area contributed by atoms with Gasteiger partial charge in [0.25, 0.3) is 0 Å². The molecule has 2 fully saturated rings. The molecule has 2 saturated carbocycles. The van der Waals surface area contributed by atoms with Crippen LogP contribution >= 0.6 is 0 Å². The van der Waals surface area contributed by atoms with Crippen molar-refractivity contribution in [2.24, 2.45) is 17.8 Å². The number of ether oxygens (including phenoxy) is 2. The van der Waals surface area contributed by atoms with Gasteiger partial charge < -0.3 is 14.6 Å². The minimum Gasteiger partial charge on any atom is -0.493 e. The van der Waals surface area contributed by atoms with Gasteiger partial charge in [0.05, 0.1) is 12.7 Å². The van der Waals surface area contributed by atoms with Gasteiger partial charge in [-0.15, -0.1) is 0 Å². The highest BCUT2D eigenvalue weighted by molar-refractivity contribution is 5.66. The lowest BCUT2D eigenvalue weighted by molar-refractivity contribution is -0.150. The van der Waals surface area contributed by atoms with Gasteiger partial charge in [0.2, 0.25) is 0 Å². The summed E-state index contributed by atoms with van der Waals surface area (Å²) in [6.45, 7) is 7.16. The van der Waals surface area contributed by atoms with Crippen molar-refractivity contribution in [2.45, 2.75) is 45.3 Å². The van der Waals surface area contributed by atoms with E-state index in [-0.39, 0.29) is 24.8 Å². The van der Waals surface area contributed by atoms with Gasteiger partial charge >= 0.3 is 5.97 Å². The summed E-state index contributed by atoms with van der Waals surface area (Å²) in [6, 6.07) is 0. The third-order valence-electron chi connectivity index (χ3n) is 4.27. The van der Waals surface area contributed by atoms with Crippen LogP contribution in [0, 0.1) is 17.8 Å². The van der Waals surface area contributed by atoms with Crippen molar-refractivity contribution in [2.75, 3.05) is 6.61 Å². The van der Waals surface area contributed by atoms with Crippen LogP contribution in [0.2, 0.25) is 0 Å². The topological polar surface area (TPSA) is 55.8 Å². The first-order valence-corrected chi connectivity index (χ1v) is 6.63. The number of rotatable bonds is 4. The zero-order chi connectivity index (χ0) is 13.3. The summed E-state index contributed by atoms with van der Waals surface area (Å²) in [5.41, 5.74) is 0. The van der Waals surface area contributed by atoms with Crippen LogP contribution in [-0.4, -0.2) is 29.9 Å². The highest BCUT2D eigenvalue weighted by atomic mass is 16.5. The van der Waals surface area contributed by atoms with E-state index in [0.29, 0.717) is 23.5 Å². The van der Waals surface area contributed by atoms with E-state index in [4.69, 9.17) is 14.6 Å². The lowest BCUT2D eigenvalue weighted by atomic mass is 9.85. The highest BCUT2D eigenvalue weighted by Gasteiger charge is 2.48. The lowest BCUT2D eigenvalue weighted by Gasteiger charge is -2.29. The Morgan fingerprint density at radius 2 is 1.94 bits per heavy atom. The summed E-state index contributed by atoms with van der Waals surface area (Å²) in [5.74, 6) is 1.56. The molecule has 0 spiro atoms.